The zero-order chi connectivity index (χ0) is 20.9. The minimum atomic E-state index is -2.27. The first-order valence-electron chi connectivity index (χ1n) is 13.0. The first kappa shape index (κ1) is 28.9. The first-order valence-corrected chi connectivity index (χ1v) is 22.5. The molecular weight excluding hydrogens is 467 g/mol. The van der Waals surface area contributed by atoms with Crippen LogP contribution in [0.25, 0.3) is 0 Å². The number of rotatable bonds is 22. The standard InChI is InChI=1S/C7H15OS.3C6H13.Sn/c1-3-4-5-6-7-9(2)8;3*1-3-5-6-4-2;/h2-7H2,1H3;3*1,3-6H2,2H3;. The molecule has 1 unspecified atom stereocenters. The van der Waals surface area contributed by atoms with Crippen LogP contribution in [-0.4, -0.2) is 32.1 Å². The summed E-state index contributed by atoms with van der Waals surface area (Å²) < 4.78 is 18.9. The Morgan fingerprint density at radius 3 is 1.21 bits per heavy atom. The Morgan fingerprint density at radius 2 is 0.857 bits per heavy atom. The van der Waals surface area contributed by atoms with Gasteiger partial charge in [0.25, 0.3) is 0 Å². The van der Waals surface area contributed by atoms with E-state index in [0.29, 0.717) is 0 Å². The molecule has 0 heterocycles. The summed E-state index contributed by atoms with van der Waals surface area (Å²) in [5, 5.41) is 0. The average molecular weight is 521 g/mol. The van der Waals surface area contributed by atoms with Crippen molar-refractivity contribution in [1.29, 1.82) is 0 Å². The van der Waals surface area contributed by atoms with Crippen molar-refractivity contribution >= 4 is 29.2 Å². The average Bonchev–Trinajstić information content (AvgIpc) is 2.69. The van der Waals surface area contributed by atoms with Crippen LogP contribution >= 0.6 is 0 Å². The molecule has 1 nitrogen and oxygen atoms in total. The molecule has 0 saturated heterocycles. The van der Waals surface area contributed by atoms with Gasteiger partial charge in [0.15, 0.2) is 0 Å². The molecule has 0 amide bonds. The monoisotopic (exact) mass is 522 g/mol. The van der Waals surface area contributed by atoms with Gasteiger partial charge in [-0.15, -0.1) is 0 Å². The Morgan fingerprint density at radius 1 is 0.500 bits per heavy atom. The van der Waals surface area contributed by atoms with Crippen molar-refractivity contribution in [3.63, 3.8) is 0 Å². The molecular formula is C25H54OSSn. The van der Waals surface area contributed by atoms with Gasteiger partial charge in [0.1, 0.15) is 0 Å². The van der Waals surface area contributed by atoms with E-state index in [1.807, 2.05) is 0 Å². The fraction of sp³-hybridized carbons (Fsp3) is 1.00. The molecule has 1 atom stereocenters. The van der Waals surface area contributed by atoms with E-state index in [-0.39, 0.29) is 0 Å². The molecule has 28 heavy (non-hydrogen) atoms. The van der Waals surface area contributed by atoms with Crippen molar-refractivity contribution in [1.82, 2.24) is 0 Å². The van der Waals surface area contributed by atoms with E-state index in [9.17, 15) is 4.21 Å². The van der Waals surface area contributed by atoms with E-state index in [2.05, 4.69) is 27.7 Å². The Labute approximate surface area is 185 Å². The Kier molecular flexibility index (Phi) is 21.9. The fourth-order valence-electron chi connectivity index (χ4n) is 4.48. The van der Waals surface area contributed by atoms with Crippen molar-refractivity contribution in [3.05, 3.63) is 0 Å². The van der Waals surface area contributed by atoms with E-state index < -0.39 is 29.2 Å². The van der Waals surface area contributed by atoms with Crippen LogP contribution in [0.1, 0.15) is 130 Å². The van der Waals surface area contributed by atoms with Gasteiger partial charge < -0.3 is 0 Å². The van der Waals surface area contributed by atoms with Crippen LogP contribution in [0.5, 0.6) is 0 Å². The minimum absolute atomic E-state index is 0.521. The van der Waals surface area contributed by atoms with Crippen LogP contribution in [0.4, 0.5) is 0 Å². The number of hydrogen-bond donors (Lipinski definition) is 0. The summed E-state index contributed by atoms with van der Waals surface area (Å²) in [5.41, 5.74) is 0. The Balaban J connectivity index is 4.86. The van der Waals surface area contributed by atoms with Crippen molar-refractivity contribution in [3.8, 4) is 0 Å². The summed E-state index contributed by atoms with van der Waals surface area (Å²) >= 11 is -2.27. The second-order valence-electron chi connectivity index (χ2n) is 9.28. The van der Waals surface area contributed by atoms with E-state index in [0.717, 1.165) is 5.75 Å². The van der Waals surface area contributed by atoms with Crippen molar-refractivity contribution in [2.24, 2.45) is 0 Å². The quantitative estimate of drug-likeness (QED) is 0.103. The van der Waals surface area contributed by atoms with E-state index in [1.165, 1.54) is 120 Å². The third kappa shape index (κ3) is 16.7. The van der Waals surface area contributed by atoms with E-state index >= 15 is 0 Å². The number of hydrogen-bond acceptors (Lipinski definition) is 1. The summed E-state index contributed by atoms with van der Waals surface area (Å²) in [5.74, 6) is 0.998. The molecule has 0 N–H and O–H groups in total. The Hall–Kier alpha value is 0.949. The molecule has 0 aliphatic rings. The molecule has 0 aliphatic heterocycles. The van der Waals surface area contributed by atoms with Gasteiger partial charge in [-0.25, -0.2) is 0 Å². The zero-order valence-electron chi connectivity index (χ0n) is 20.2. The van der Waals surface area contributed by atoms with Gasteiger partial charge in [0.05, 0.1) is 0 Å². The van der Waals surface area contributed by atoms with Crippen molar-refractivity contribution in [2.45, 2.75) is 144 Å². The molecule has 0 aliphatic carbocycles. The molecule has 170 valence electrons. The number of unbranched alkanes of at least 4 members (excludes halogenated alkanes) is 12. The summed E-state index contributed by atoms with van der Waals surface area (Å²) in [7, 11) is -0.521. The van der Waals surface area contributed by atoms with Crippen molar-refractivity contribution in [2.75, 3.05) is 9.52 Å². The summed E-state index contributed by atoms with van der Waals surface area (Å²) in [4.78, 5) is 0. The van der Waals surface area contributed by atoms with Crippen LogP contribution in [0.2, 0.25) is 13.3 Å². The molecule has 0 radical (unpaired) electrons. The summed E-state index contributed by atoms with van der Waals surface area (Å²) in [6, 6.07) is 0. The molecule has 0 bridgehead atoms. The second-order valence-corrected chi connectivity index (χ2v) is 26.2. The zero-order valence-corrected chi connectivity index (χ0v) is 23.8. The van der Waals surface area contributed by atoms with Crippen LogP contribution in [0.3, 0.4) is 0 Å². The fourth-order valence-corrected chi connectivity index (χ4v) is 27.8. The van der Waals surface area contributed by atoms with Gasteiger partial charge in [0, 0.05) is 0 Å². The molecule has 0 rings (SSSR count). The third-order valence-corrected chi connectivity index (χ3v) is 28.2. The summed E-state index contributed by atoms with van der Waals surface area (Å²) in [6.07, 6.45) is 21.9. The van der Waals surface area contributed by atoms with Crippen LogP contribution in [0, 0.1) is 0 Å². The molecule has 3 heteroatoms. The van der Waals surface area contributed by atoms with Gasteiger partial charge in [-0.3, -0.25) is 0 Å². The molecule has 0 spiro atoms. The molecule has 0 saturated carbocycles. The third-order valence-electron chi connectivity index (χ3n) is 6.37. The van der Waals surface area contributed by atoms with Crippen LogP contribution in [-0.2, 0) is 10.8 Å². The maximum atomic E-state index is 13.1. The SMILES string of the molecule is CCCCCCS(=O)[CH2][Sn]([CH2]CCCCC)([CH2]CCCCC)[CH2]CCCCC. The van der Waals surface area contributed by atoms with Gasteiger partial charge in [0.2, 0.25) is 0 Å². The van der Waals surface area contributed by atoms with Crippen molar-refractivity contribution < 1.29 is 4.21 Å². The van der Waals surface area contributed by atoms with Gasteiger partial charge >= 0.3 is 187 Å². The predicted octanol–water partition coefficient (Wildman–Crippen LogP) is 9.04. The van der Waals surface area contributed by atoms with Gasteiger partial charge in [-0.2, -0.15) is 0 Å². The normalized spacial score (nSPS) is 13.1. The molecule has 0 aromatic heterocycles. The summed E-state index contributed by atoms with van der Waals surface area (Å²) in [6.45, 7) is 9.22. The van der Waals surface area contributed by atoms with E-state index in [4.69, 9.17) is 0 Å². The molecule has 0 fully saturated rings. The topological polar surface area (TPSA) is 17.1 Å². The van der Waals surface area contributed by atoms with Crippen LogP contribution < -0.4 is 0 Å². The maximum absolute atomic E-state index is 13.1. The van der Waals surface area contributed by atoms with E-state index in [1.54, 1.807) is 0 Å². The van der Waals surface area contributed by atoms with Gasteiger partial charge in [-0.1, -0.05) is 0 Å². The Bertz CT molecular complexity index is 314. The second kappa shape index (κ2) is 21.2. The molecule has 0 aromatic carbocycles. The van der Waals surface area contributed by atoms with Crippen LogP contribution in [0.15, 0.2) is 0 Å². The molecule has 0 aromatic rings. The van der Waals surface area contributed by atoms with Gasteiger partial charge in [-0.05, 0) is 0 Å². The first-order chi connectivity index (χ1) is 13.6. The predicted molar refractivity (Wildman–Crippen MR) is 135 cm³/mol.